The number of sulfone groups is 1. The van der Waals surface area contributed by atoms with Crippen molar-refractivity contribution in [3.8, 4) is 0 Å². The molecule has 1 N–H and O–H groups in total. The Morgan fingerprint density at radius 3 is 2.84 bits per heavy atom. The van der Waals surface area contributed by atoms with Crippen molar-refractivity contribution in [3.05, 3.63) is 46.4 Å². The molecule has 0 bridgehead atoms. The number of nitrogens with one attached hydrogen (secondary N) is 1. The zero-order valence-corrected chi connectivity index (χ0v) is 11.9. The quantitative estimate of drug-likeness (QED) is 0.807. The van der Waals surface area contributed by atoms with E-state index < -0.39 is 9.84 Å². The van der Waals surface area contributed by atoms with Crippen LogP contribution in [0.5, 0.6) is 0 Å². The maximum atomic E-state index is 11.5. The molecule has 0 amide bonds. The van der Waals surface area contributed by atoms with Gasteiger partial charge in [-0.2, -0.15) is 11.3 Å². The fourth-order valence-corrected chi connectivity index (χ4v) is 3.26. The fourth-order valence-electron chi connectivity index (χ4n) is 1.94. The number of hydrogen-bond acceptors (Lipinski definition) is 4. The minimum Gasteiger partial charge on any atom is -0.342 e. The summed E-state index contributed by atoms with van der Waals surface area (Å²) in [6, 6.07) is 7.01. The summed E-state index contributed by atoms with van der Waals surface area (Å²) < 4.78 is 23.0. The van der Waals surface area contributed by atoms with E-state index in [0.29, 0.717) is 4.90 Å². The topological polar surface area (TPSA) is 62.8 Å². The van der Waals surface area contributed by atoms with Gasteiger partial charge in [-0.25, -0.2) is 13.4 Å². The van der Waals surface area contributed by atoms with Gasteiger partial charge < -0.3 is 4.98 Å². The molecule has 0 radical (unpaired) electrons. The van der Waals surface area contributed by atoms with Crippen molar-refractivity contribution in [1.82, 2.24) is 9.97 Å². The van der Waals surface area contributed by atoms with E-state index in [4.69, 9.17) is 0 Å². The summed E-state index contributed by atoms with van der Waals surface area (Å²) in [7, 11) is -3.18. The molecule has 0 aliphatic carbocycles. The highest BCUT2D eigenvalue weighted by Crippen LogP contribution is 2.19. The molecule has 0 unspecified atom stereocenters. The number of H-pyrrole nitrogens is 1. The fraction of sp³-hybridized carbons (Fsp3) is 0.154. The predicted molar refractivity (Wildman–Crippen MR) is 76.3 cm³/mol. The number of thiophene rings is 1. The monoisotopic (exact) mass is 292 g/mol. The van der Waals surface area contributed by atoms with Gasteiger partial charge >= 0.3 is 0 Å². The molecule has 0 saturated heterocycles. The van der Waals surface area contributed by atoms with Gasteiger partial charge in [0.05, 0.1) is 15.9 Å². The van der Waals surface area contributed by atoms with Gasteiger partial charge in [0.25, 0.3) is 0 Å². The van der Waals surface area contributed by atoms with Crippen LogP contribution < -0.4 is 0 Å². The Balaban J connectivity index is 2.01. The van der Waals surface area contributed by atoms with Gasteiger partial charge in [0.15, 0.2) is 9.84 Å². The van der Waals surface area contributed by atoms with Crippen LogP contribution in [0.2, 0.25) is 0 Å². The Morgan fingerprint density at radius 2 is 2.16 bits per heavy atom. The second kappa shape index (κ2) is 4.47. The Kier molecular flexibility index (Phi) is 2.91. The molecule has 0 fully saturated rings. The van der Waals surface area contributed by atoms with Crippen molar-refractivity contribution in [2.45, 2.75) is 11.3 Å². The lowest BCUT2D eigenvalue weighted by atomic mass is 10.2. The molecule has 3 rings (SSSR count). The first-order valence-electron chi connectivity index (χ1n) is 5.72. The zero-order chi connectivity index (χ0) is 13.5. The number of fused-ring (bicyclic) bond motifs is 1. The van der Waals surface area contributed by atoms with Crippen molar-refractivity contribution in [2.24, 2.45) is 0 Å². The van der Waals surface area contributed by atoms with Gasteiger partial charge in [-0.3, -0.25) is 0 Å². The van der Waals surface area contributed by atoms with Crippen LogP contribution in [0, 0.1) is 0 Å². The first-order valence-corrected chi connectivity index (χ1v) is 8.55. The normalized spacial score (nSPS) is 12.1. The Hall–Kier alpha value is -1.66. The lowest BCUT2D eigenvalue weighted by Gasteiger charge is -1.96. The summed E-state index contributed by atoms with van der Waals surface area (Å²) in [5.41, 5.74) is 2.75. The first-order chi connectivity index (χ1) is 9.02. The van der Waals surface area contributed by atoms with Gasteiger partial charge in [-0.15, -0.1) is 0 Å². The molecular weight excluding hydrogens is 280 g/mol. The van der Waals surface area contributed by atoms with Gasteiger partial charge in [-0.1, -0.05) is 0 Å². The molecule has 2 heterocycles. The van der Waals surface area contributed by atoms with Crippen LogP contribution in [-0.4, -0.2) is 24.6 Å². The third-order valence-electron chi connectivity index (χ3n) is 2.88. The maximum absolute atomic E-state index is 11.5. The van der Waals surface area contributed by atoms with E-state index >= 15 is 0 Å². The van der Waals surface area contributed by atoms with Crippen molar-refractivity contribution >= 4 is 32.2 Å². The van der Waals surface area contributed by atoms with Crippen molar-refractivity contribution in [1.29, 1.82) is 0 Å². The molecule has 0 aliphatic heterocycles. The number of aromatic amines is 1. The summed E-state index contributed by atoms with van der Waals surface area (Å²) in [6.07, 6.45) is 1.93. The Labute approximate surface area is 115 Å². The highest BCUT2D eigenvalue weighted by Gasteiger charge is 2.10. The highest BCUT2D eigenvalue weighted by atomic mass is 32.2. The average Bonchev–Trinajstić information content (AvgIpc) is 2.95. The van der Waals surface area contributed by atoms with Crippen LogP contribution >= 0.6 is 11.3 Å². The molecule has 4 nitrogen and oxygen atoms in total. The number of imidazole rings is 1. The standard InChI is InChI=1S/C13H12N2O2S2/c1-19(16,17)10-2-3-11-12(7-10)15-13(14-11)6-9-4-5-18-8-9/h2-5,7-8H,6H2,1H3,(H,14,15). The number of hydrogen-bond donors (Lipinski definition) is 1. The van der Waals surface area contributed by atoms with Crippen LogP contribution in [0.25, 0.3) is 11.0 Å². The molecule has 0 aliphatic rings. The van der Waals surface area contributed by atoms with E-state index in [1.54, 1.807) is 29.5 Å². The SMILES string of the molecule is CS(=O)(=O)c1ccc2nc(Cc3ccsc3)[nH]c2c1. The third kappa shape index (κ3) is 2.54. The average molecular weight is 292 g/mol. The minimum atomic E-state index is -3.18. The van der Waals surface area contributed by atoms with Gasteiger partial charge in [0.1, 0.15) is 5.82 Å². The number of rotatable bonds is 3. The van der Waals surface area contributed by atoms with E-state index in [-0.39, 0.29) is 0 Å². The van der Waals surface area contributed by atoms with Crippen LogP contribution in [-0.2, 0) is 16.3 Å². The van der Waals surface area contributed by atoms with Crippen molar-refractivity contribution in [2.75, 3.05) is 6.26 Å². The highest BCUT2D eigenvalue weighted by molar-refractivity contribution is 7.90. The van der Waals surface area contributed by atoms with Crippen LogP contribution in [0.3, 0.4) is 0 Å². The summed E-state index contributed by atoms with van der Waals surface area (Å²) in [5, 5.41) is 4.11. The van der Waals surface area contributed by atoms with E-state index in [1.165, 1.54) is 11.8 Å². The largest absolute Gasteiger partial charge is 0.342 e. The van der Waals surface area contributed by atoms with E-state index in [2.05, 4.69) is 21.4 Å². The van der Waals surface area contributed by atoms with Gasteiger partial charge in [0.2, 0.25) is 0 Å². The summed E-state index contributed by atoms with van der Waals surface area (Å²) in [4.78, 5) is 7.95. The predicted octanol–water partition coefficient (Wildman–Crippen LogP) is 2.62. The lowest BCUT2D eigenvalue weighted by Crippen LogP contribution is -1.96. The lowest BCUT2D eigenvalue weighted by molar-refractivity contribution is 0.602. The molecule has 3 aromatic rings. The van der Waals surface area contributed by atoms with Crippen molar-refractivity contribution < 1.29 is 8.42 Å². The van der Waals surface area contributed by atoms with Gasteiger partial charge in [0, 0.05) is 12.7 Å². The molecule has 19 heavy (non-hydrogen) atoms. The second-order valence-electron chi connectivity index (χ2n) is 4.44. The minimum absolute atomic E-state index is 0.311. The molecule has 0 spiro atoms. The van der Waals surface area contributed by atoms with E-state index in [1.807, 2.05) is 5.38 Å². The number of aromatic nitrogens is 2. The van der Waals surface area contributed by atoms with Crippen LogP contribution in [0.1, 0.15) is 11.4 Å². The Bertz CT molecular complexity index is 818. The molecular formula is C13H12N2O2S2. The van der Waals surface area contributed by atoms with Crippen molar-refractivity contribution in [3.63, 3.8) is 0 Å². The molecule has 6 heteroatoms. The third-order valence-corrected chi connectivity index (χ3v) is 4.72. The van der Waals surface area contributed by atoms with E-state index in [0.717, 1.165) is 23.3 Å². The molecule has 0 saturated carbocycles. The molecule has 0 atom stereocenters. The summed E-state index contributed by atoms with van der Waals surface area (Å²) in [5.74, 6) is 0.846. The number of benzene rings is 1. The zero-order valence-electron chi connectivity index (χ0n) is 10.3. The van der Waals surface area contributed by atoms with Crippen LogP contribution in [0.4, 0.5) is 0 Å². The molecule has 98 valence electrons. The van der Waals surface area contributed by atoms with Gasteiger partial charge in [-0.05, 0) is 40.6 Å². The summed E-state index contributed by atoms with van der Waals surface area (Å²) in [6.45, 7) is 0. The molecule has 1 aromatic carbocycles. The first kappa shape index (κ1) is 12.4. The maximum Gasteiger partial charge on any atom is 0.175 e. The smallest absolute Gasteiger partial charge is 0.175 e. The van der Waals surface area contributed by atoms with Crippen LogP contribution in [0.15, 0.2) is 39.9 Å². The summed E-state index contributed by atoms with van der Waals surface area (Å²) >= 11 is 1.65. The Morgan fingerprint density at radius 1 is 1.32 bits per heavy atom. The second-order valence-corrected chi connectivity index (χ2v) is 7.24. The van der Waals surface area contributed by atoms with E-state index in [9.17, 15) is 8.42 Å². The molecule has 2 aromatic heterocycles. The number of nitrogens with zero attached hydrogens (tertiary/aromatic N) is 1.